The van der Waals surface area contributed by atoms with Gasteiger partial charge in [0.25, 0.3) is 0 Å². The third-order valence-corrected chi connectivity index (χ3v) is 4.65. The molecule has 2 heterocycles. The maximum absolute atomic E-state index is 10.8. The first-order chi connectivity index (χ1) is 11.3. The molecule has 3 heteroatoms. The maximum Gasteiger partial charge on any atom is 0.120 e. The zero-order valence-electron chi connectivity index (χ0n) is 12.9. The molecular weight excluding hydrogens is 286 g/mol. The zero-order valence-corrected chi connectivity index (χ0v) is 12.9. The minimum atomic E-state index is 0.369. The number of aromatic nitrogens is 1. The molecule has 0 unspecified atom stereocenters. The van der Waals surface area contributed by atoms with E-state index in [1.165, 1.54) is 16.6 Å². The molecule has 0 saturated carbocycles. The van der Waals surface area contributed by atoms with Gasteiger partial charge < -0.3 is 14.1 Å². The molecule has 116 valence electrons. The Balaban J connectivity index is 1.58. The van der Waals surface area contributed by atoms with Crippen LogP contribution in [0.3, 0.4) is 0 Å². The molecule has 0 radical (unpaired) electrons. The average molecular weight is 305 g/mol. The molecule has 3 aromatic rings. The molecule has 2 aromatic carbocycles. The van der Waals surface area contributed by atoms with Crippen LogP contribution in [-0.2, 0) is 17.9 Å². The molecule has 0 fully saturated rings. The van der Waals surface area contributed by atoms with Crippen molar-refractivity contribution >= 4 is 17.2 Å². The molecule has 1 atom stereocenters. The summed E-state index contributed by atoms with van der Waals surface area (Å²) in [5.41, 5.74) is 3.69. The number of fused-ring (bicyclic) bond motifs is 3. The van der Waals surface area contributed by atoms with Crippen molar-refractivity contribution in [1.82, 2.24) is 4.57 Å². The van der Waals surface area contributed by atoms with E-state index in [2.05, 4.69) is 34.9 Å². The van der Waals surface area contributed by atoms with Crippen molar-refractivity contribution in [2.45, 2.75) is 31.9 Å². The number of ether oxygens (including phenoxy) is 1. The molecule has 23 heavy (non-hydrogen) atoms. The molecule has 1 aromatic heterocycles. The molecule has 0 saturated heterocycles. The van der Waals surface area contributed by atoms with Gasteiger partial charge in [0.2, 0.25) is 0 Å². The predicted octanol–water partition coefficient (Wildman–Crippen LogP) is 4.30. The molecule has 0 amide bonds. The highest BCUT2D eigenvalue weighted by atomic mass is 16.5. The van der Waals surface area contributed by atoms with Crippen molar-refractivity contribution in [2.75, 3.05) is 0 Å². The second-order valence-corrected chi connectivity index (χ2v) is 6.10. The molecule has 0 aliphatic carbocycles. The smallest absolute Gasteiger partial charge is 0.120 e. The Bertz CT molecular complexity index is 835. The predicted molar refractivity (Wildman–Crippen MR) is 90.8 cm³/mol. The van der Waals surface area contributed by atoms with Gasteiger partial charge in [-0.1, -0.05) is 30.3 Å². The fourth-order valence-electron chi connectivity index (χ4n) is 3.48. The van der Waals surface area contributed by atoms with E-state index < -0.39 is 0 Å². The summed E-state index contributed by atoms with van der Waals surface area (Å²) in [6, 6.07) is 18.7. The van der Waals surface area contributed by atoms with Gasteiger partial charge in [-0.3, -0.25) is 0 Å². The summed E-state index contributed by atoms with van der Waals surface area (Å²) in [6.45, 7) is 1.58. The van der Waals surface area contributed by atoms with E-state index in [1.54, 1.807) is 0 Å². The van der Waals surface area contributed by atoms with E-state index in [4.69, 9.17) is 4.74 Å². The average Bonchev–Trinajstić information content (AvgIpc) is 3.14. The molecular formula is C20H19NO2. The van der Waals surface area contributed by atoms with Gasteiger partial charge in [0, 0.05) is 35.5 Å². The molecule has 0 N–H and O–H groups in total. The van der Waals surface area contributed by atoms with E-state index in [1.807, 2.05) is 24.3 Å². The van der Waals surface area contributed by atoms with Crippen molar-refractivity contribution in [2.24, 2.45) is 0 Å². The first kappa shape index (κ1) is 14.1. The SMILES string of the molecule is O=CC[C@H]1CCn2c1cc1cc(OCc3ccccc3)ccc12. The highest BCUT2D eigenvalue weighted by Crippen LogP contribution is 2.36. The Kier molecular flexibility index (Phi) is 3.62. The lowest BCUT2D eigenvalue weighted by Gasteiger charge is -2.07. The second kappa shape index (κ2) is 5.92. The fourth-order valence-corrected chi connectivity index (χ4v) is 3.48. The standard InChI is InChI=1S/C20H19NO2/c22-11-9-16-8-10-21-19-7-6-18(12-17(19)13-20(16)21)23-14-15-4-2-1-3-5-15/h1-7,11-13,16H,8-10,14H2/t16-/m1/s1. The van der Waals surface area contributed by atoms with Gasteiger partial charge >= 0.3 is 0 Å². The highest BCUT2D eigenvalue weighted by molar-refractivity contribution is 5.83. The van der Waals surface area contributed by atoms with Crippen LogP contribution < -0.4 is 4.74 Å². The summed E-state index contributed by atoms with van der Waals surface area (Å²) in [6.07, 6.45) is 2.72. The molecule has 1 aliphatic heterocycles. The monoisotopic (exact) mass is 305 g/mol. The highest BCUT2D eigenvalue weighted by Gasteiger charge is 2.24. The van der Waals surface area contributed by atoms with Gasteiger partial charge in [0.1, 0.15) is 18.6 Å². The van der Waals surface area contributed by atoms with Crippen molar-refractivity contribution in [3.05, 3.63) is 65.9 Å². The summed E-state index contributed by atoms with van der Waals surface area (Å²) in [5, 5.41) is 1.20. The minimum Gasteiger partial charge on any atom is -0.489 e. The summed E-state index contributed by atoms with van der Waals surface area (Å²) in [7, 11) is 0. The first-order valence-electron chi connectivity index (χ1n) is 8.08. The van der Waals surface area contributed by atoms with Crippen molar-refractivity contribution < 1.29 is 9.53 Å². The van der Waals surface area contributed by atoms with Crippen molar-refractivity contribution in [1.29, 1.82) is 0 Å². The van der Waals surface area contributed by atoms with Crippen LogP contribution in [0.15, 0.2) is 54.6 Å². The summed E-state index contributed by atoms with van der Waals surface area (Å²) in [4.78, 5) is 10.8. The zero-order chi connectivity index (χ0) is 15.6. The van der Waals surface area contributed by atoms with E-state index in [-0.39, 0.29) is 0 Å². The minimum absolute atomic E-state index is 0.369. The third-order valence-electron chi connectivity index (χ3n) is 4.65. The number of rotatable bonds is 5. The Morgan fingerprint density at radius 3 is 2.83 bits per heavy atom. The Hall–Kier alpha value is -2.55. The molecule has 0 spiro atoms. The topological polar surface area (TPSA) is 31.2 Å². The number of carbonyl (C=O) groups excluding carboxylic acids is 1. The van der Waals surface area contributed by atoms with Gasteiger partial charge in [0.15, 0.2) is 0 Å². The van der Waals surface area contributed by atoms with Crippen molar-refractivity contribution in [3.8, 4) is 5.75 Å². The van der Waals surface area contributed by atoms with Crippen LogP contribution >= 0.6 is 0 Å². The van der Waals surface area contributed by atoms with Crippen LogP contribution in [0.25, 0.3) is 10.9 Å². The summed E-state index contributed by atoms with van der Waals surface area (Å²) < 4.78 is 8.25. The van der Waals surface area contributed by atoms with Gasteiger partial charge in [-0.25, -0.2) is 0 Å². The Labute approximate surface area is 135 Å². The maximum atomic E-state index is 10.8. The molecule has 4 rings (SSSR count). The number of hydrogen-bond acceptors (Lipinski definition) is 2. The largest absolute Gasteiger partial charge is 0.489 e. The number of nitrogens with zero attached hydrogens (tertiary/aromatic N) is 1. The van der Waals surface area contributed by atoms with E-state index in [9.17, 15) is 4.79 Å². The van der Waals surface area contributed by atoms with Gasteiger partial charge in [-0.05, 0) is 36.2 Å². The quantitative estimate of drug-likeness (QED) is 0.658. The summed E-state index contributed by atoms with van der Waals surface area (Å²) >= 11 is 0. The lowest BCUT2D eigenvalue weighted by Crippen LogP contribution is -1.95. The van der Waals surface area contributed by atoms with E-state index in [0.29, 0.717) is 18.9 Å². The van der Waals surface area contributed by atoms with Crippen LogP contribution in [0.4, 0.5) is 0 Å². The molecule has 0 bridgehead atoms. The Morgan fingerprint density at radius 1 is 1.13 bits per heavy atom. The van der Waals surface area contributed by atoms with Crippen LogP contribution in [0.1, 0.15) is 30.0 Å². The number of hydrogen-bond donors (Lipinski definition) is 0. The van der Waals surface area contributed by atoms with Crippen LogP contribution in [-0.4, -0.2) is 10.9 Å². The molecule has 3 nitrogen and oxygen atoms in total. The molecule has 1 aliphatic rings. The second-order valence-electron chi connectivity index (χ2n) is 6.10. The summed E-state index contributed by atoms with van der Waals surface area (Å²) in [5.74, 6) is 1.26. The number of aryl methyl sites for hydroxylation is 1. The lowest BCUT2D eigenvalue weighted by molar-refractivity contribution is -0.108. The van der Waals surface area contributed by atoms with E-state index in [0.717, 1.165) is 30.6 Å². The fraction of sp³-hybridized carbons (Fsp3) is 0.250. The van der Waals surface area contributed by atoms with Gasteiger partial charge in [0.05, 0.1) is 0 Å². The van der Waals surface area contributed by atoms with Gasteiger partial charge in [-0.15, -0.1) is 0 Å². The Morgan fingerprint density at radius 2 is 2.00 bits per heavy atom. The van der Waals surface area contributed by atoms with Gasteiger partial charge in [-0.2, -0.15) is 0 Å². The first-order valence-corrected chi connectivity index (χ1v) is 8.08. The number of carbonyl (C=O) groups is 1. The number of aldehydes is 1. The normalized spacial score (nSPS) is 16.4. The van der Waals surface area contributed by atoms with Crippen molar-refractivity contribution in [3.63, 3.8) is 0 Å². The van der Waals surface area contributed by atoms with Crippen LogP contribution in [0, 0.1) is 0 Å². The van der Waals surface area contributed by atoms with E-state index >= 15 is 0 Å². The van der Waals surface area contributed by atoms with Crippen LogP contribution in [0.5, 0.6) is 5.75 Å². The lowest BCUT2D eigenvalue weighted by atomic mass is 10.0. The number of benzene rings is 2. The third kappa shape index (κ3) is 2.63. The van der Waals surface area contributed by atoms with Crippen LogP contribution in [0.2, 0.25) is 0 Å².